The lowest BCUT2D eigenvalue weighted by Gasteiger charge is -2.18. The summed E-state index contributed by atoms with van der Waals surface area (Å²) in [4.78, 5) is 35.4. The molecule has 11 heteroatoms. The van der Waals surface area contributed by atoms with Crippen LogP contribution in [-0.2, 0) is 23.7 Å². The fourth-order valence-electron chi connectivity index (χ4n) is 2.83. The van der Waals surface area contributed by atoms with Crippen LogP contribution in [0.5, 0.6) is 0 Å². The Labute approximate surface area is 226 Å². The number of alkyl carbamates (subject to hydrolysis) is 2. The molecule has 2 amide bonds. The molecule has 0 bridgehead atoms. The average Bonchev–Trinajstić information content (AvgIpc) is 2.85. The summed E-state index contributed by atoms with van der Waals surface area (Å²) in [6.07, 6.45) is 7.48. The molecule has 0 heterocycles. The van der Waals surface area contributed by atoms with E-state index >= 15 is 0 Å². The van der Waals surface area contributed by atoms with Gasteiger partial charge in [0.2, 0.25) is 0 Å². The average molecular weight is 551 g/mol. The number of thioether (sulfide) groups is 1. The summed E-state index contributed by atoms with van der Waals surface area (Å²) in [5, 5.41) is 5.36. The maximum absolute atomic E-state index is 12.2. The summed E-state index contributed by atoms with van der Waals surface area (Å²) in [6, 6.07) is 0. The number of unbranched alkanes of at least 4 members (excludes halogenated alkanes) is 6. The van der Waals surface area contributed by atoms with Crippen LogP contribution in [0.4, 0.5) is 9.59 Å². The van der Waals surface area contributed by atoms with E-state index in [-0.39, 0.29) is 33.0 Å². The fraction of sp³-hybridized carbons (Fsp3) is 0.800. The lowest BCUT2D eigenvalue weighted by Crippen LogP contribution is -2.36. The van der Waals surface area contributed by atoms with Gasteiger partial charge in [-0.25, -0.2) is 14.4 Å². The van der Waals surface area contributed by atoms with Gasteiger partial charge in [0.15, 0.2) is 0 Å². The van der Waals surface area contributed by atoms with Gasteiger partial charge in [-0.15, -0.1) is 0 Å². The van der Waals surface area contributed by atoms with Gasteiger partial charge in [0.05, 0.1) is 13.2 Å². The summed E-state index contributed by atoms with van der Waals surface area (Å²) in [6.45, 7) is 8.58. The van der Waals surface area contributed by atoms with Crippen LogP contribution in [0.1, 0.15) is 65.2 Å². The number of carbonyl (C=O) groups excluding carboxylic acids is 3. The zero-order chi connectivity index (χ0) is 26.9. The Morgan fingerprint density at radius 3 is 2.28 bits per heavy atom. The largest absolute Gasteiger partial charge is 0.460 e. The first-order valence-corrected chi connectivity index (χ1v) is 14.6. The van der Waals surface area contributed by atoms with Crippen molar-refractivity contribution < 1.29 is 33.3 Å². The summed E-state index contributed by atoms with van der Waals surface area (Å²) >= 11 is 5.83. The van der Waals surface area contributed by atoms with Crippen molar-refractivity contribution in [3.63, 3.8) is 0 Å². The third-order valence-corrected chi connectivity index (χ3v) is 6.30. The highest BCUT2D eigenvalue weighted by Gasteiger charge is 2.17. The summed E-state index contributed by atoms with van der Waals surface area (Å²) in [5.41, 5.74) is 0.326. The van der Waals surface area contributed by atoms with Gasteiger partial charge in [-0.3, -0.25) is 0 Å². The number of thiol groups is 1. The van der Waals surface area contributed by atoms with Crippen LogP contribution in [0.15, 0.2) is 12.2 Å². The van der Waals surface area contributed by atoms with Gasteiger partial charge in [-0.1, -0.05) is 52.0 Å². The van der Waals surface area contributed by atoms with E-state index in [1.165, 1.54) is 32.1 Å². The number of hydrogen-bond donors (Lipinski definition) is 3. The van der Waals surface area contributed by atoms with Gasteiger partial charge in [0, 0.05) is 24.4 Å². The van der Waals surface area contributed by atoms with Gasteiger partial charge < -0.3 is 29.6 Å². The molecule has 1 atom stereocenters. The smallest absolute Gasteiger partial charge is 0.407 e. The SMILES string of the molecule is C=C(C)C(=O)OCCOCCNC(=O)OCC(CSCCCS)OC(=O)NCCCCCCCCC. The van der Waals surface area contributed by atoms with Crippen molar-refractivity contribution in [2.45, 2.75) is 71.3 Å². The number of esters is 1. The number of ether oxygens (including phenoxy) is 4. The monoisotopic (exact) mass is 550 g/mol. The van der Waals surface area contributed by atoms with Gasteiger partial charge in [-0.2, -0.15) is 24.4 Å². The van der Waals surface area contributed by atoms with Crippen molar-refractivity contribution in [2.24, 2.45) is 0 Å². The highest BCUT2D eigenvalue weighted by Crippen LogP contribution is 2.10. The molecule has 1 unspecified atom stereocenters. The molecule has 0 fully saturated rings. The molecule has 0 aromatic heterocycles. The van der Waals surface area contributed by atoms with Crippen LogP contribution < -0.4 is 10.6 Å². The van der Waals surface area contributed by atoms with Crippen molar-refractivity contribution in [1.82, 2.24) is 10.6 Å². The minimum atomic E-state index is -0.621. The second kappa shape index (κ2) is 25.1. The highest BCUT2D eigenvalue weighted by atomic mass is 32.2. The van der Waals surface area contributed by atoms with Crippen molar-refractivity contribution >= 4 is 42.5 Å². The molecule has 0 aliphatic heterocycles. The summed E-state index contributed by atoms with van der Waals surface area (Å²) < 4.78 is 20.9. The first kappa shape index (κ1) is 34.4. The minimum absolute atomic E-state index is 0.0394. The van der Waals surface area contributed by atoms with Crippen molar-refractivity contribution in [3.05, 3.63) is 12.2 Å². The second-order valence-electron chi connectivity index (χ2n) is 8.28. The Morgan fingerprint density at radius 1 is 0.889 bits per heavy atom. The standard InChI is InChI=1S/C25H46N2O7S2/c1-4-5-6-7-8-9-10-12-26-25(30)34-22(20-36-18-11-17-35)19-33-24(29)27-13-14-31-15-16-32-23(28)21(2)3/h22,35H,2,4-20H2,1,3H3,(H,26,30)(H,27,29). The summed E-state index contributed by atoms with van der Waals surface area (Å²) in [7, 11) is 0. The number of rotatable bonds is 23. The Kier molecular flexibility index (Phi) is 24.0. The molecule has 0 aliphatic rings. The van der Waals surface area contributed by atoms with E-state index in [4.69, 9.17) is 18.9 Å². The van der Waals surface area contributed by atoms with Crippen LogP contribution in [0.3, 0.4) is 0 Å². The molecule has 0 aliphatic carbocycles. The molecule has 36 heavy (non-hydrogen) atoms. The van der Waals surface area contributed by atoms with E-state index in [0.717, 1.165) is 30.8 Å². The number of nitrogens with one attached hydrogen (secondary N) is 2. The van der Waals surface area contributed by atoms with E-state index < -0.39 is 24.3 Å². The van der Waals surface area contributed by atoms with Crippen LogP contribution in [0, 0.1) is 0 Å². The first-order chi connectivity index (χ1) is 17.4. The minimum Gasteiger partial charge on any atom is -0.460 e. The van der Waals surface area contributed by atoms with E-state index in [2.05, 4.69) is 36.8 Å². The Balaban J connectivity index is 4.09. The van der Waals surface area contributed by atoms with Crippen molar-refractivity contribution in [3.8, 4) is 0 Å². The molecule has 0 rings (SSSR count). The number of amides is 2. The molecule has 0 radical (unpaired) electrons. The molecule has 0 aromatic rings. The topological polar surface area (TPSA) is 112 Å². The van der Waals surface area contributed by atoms with E-state index in [9.17, 15) is 14.4 Å². The lowest BCUT2D eigenvalue weighted by molar-refractivity contribution is -0.140. The molecule has 2 N–H and O–H groups in total. The van der Waals surface area contributed by atoms with E-state index in [0.29, 0.717) is 17.9 Å². The maximum Gasteiger partial charge on any atom is 0.407 e. The predicted molar refractivity (Wildman–Crippen MR) is 148 cm³/mol. The highest BCUT2D eigenvalue weighted by molar-refractivity contribution is 7.99. The maximum atomic E-state index is 12.2. The van der Waals surface area contributed by atoms with Crippen molar-refractivity contribution in [2.75, 3.05) is 56.8 Å². The summed E-state index contributed by atoms with van der Waals surface area (Å²) in [5.74, 6) is 1.73. The molecular weight excluding hydrogens is 504 g/mol. The van der Waals surface area contributed by atoms with Gasteiger partial charge in [0.1, 0.15) is 19.3 Å². The van der Waals surface area contributed by atoms with Gasteiger partial charge >= 0.3 is 18.2 Å². The Bertz CT molecular complexity index is 609. The number of carbonyl (C=O) groups is 3. The third-order valence-electron chi connectivity index (χ3n) is 4.80. The second-order valence-corrected chi connectivity index (χ2v) is 9.88. The third kappa shape index (κ3) is 22.8. The molecule has 0 saturated heterocycles. The predicted octanol–water partition coefficient (Wildman–Crippen LogP) is 4.75. The molecular formula is C25H46N2O7S2. The van der Waals surface area contributed by atoms with Crippen LogP contribution >= 0.6 is 24.4 Å². The molecule has 0 aromatic carbocycles. The Morgan fingerprint density at radius 2 is 1.58 bits per heavy atom. The van der Waals surface area contributed by atoms with Crippen LogP contribution in [0.2, 0.25) is 0 Å². The molecule has 9 nitrogen and oxygen atoms in total. The van der Waals surface area contributed by atoms with Crippen LogP contribution in [0.25, 0.3) is 0 Å². The molecule has 0 spiro atoms. The quantitative estimate of drug-likeness (QED) is 0.0550. The zero-order valence-electron chi connectivity index (χ0n) is 22.0. The van der Waals surface area contributed by atoms with Crippen LogP contribution in [-0.4, -0.2) is 81.0 Å². The fourth-order valence-corrected chi connectivity index (χ4v) is 4.14. The van der Waals surface area contributed by atoms with E-state index in [1.54, 1.807) is 18.7 Å². The van der Waals surface area contributed by atoms with Gasteiger partial charge in [0.25, 0.3) is 0 Å². The Hall–Kier alpha value is -1.59. The molecule has 0 saturated carbocycles. The lowest BCUT2D eigenvalue weighted by atomic mass is 10.1. The first-order valence-electron chi connectivity index (χ1n) is 12.8. The van der Waals surface area contributed by atoms with Crippen molar-refractivity contribution in [1.29, 1.82) is 0 Å². The molecule has 210 valence electrons. The number of hydrogen-bond acceptors (Lipinski definition) is 9. The van der Waals surface area contributed by atoms with Gasteiger partial charge in [-0.05, 0) is 31.3 Å². The normalized spacial score (nSPS) is 11.4. The zero-order valence-corrected chi connectivity index (χ0v) is 23.7. The van der Waals surface area contributed by atoms with E-state index in [1.807, 2.05) is 0 Å².